The molecule has 1 N–H and O–H groups in total. The molecule has 0 aliphatic heterocycles. The molecule has 3 saturated carbocycles. The van der Waals surface area contributed by atoms with E-state index in [9.17, 15) is 9.90 Å². The summed E-state index contributed by atoms with van der Waals surface area (Å²) in [6.07, 6.45) is 15.3. The number of fused-ring (bicyclic) bond motifs is 5. The molecular weight excluding hydrogens is 358 g/mol. The summed E-state index contributed by atoms with van der Waals surface area (Å²) in [6, 6.07) is 6.02. The Labute approximate surface area is 175 Å². The van der Waals surface area contributed by atoms with E-state index in [1.54, 1.807) is 0 Å². The minimum absolute atomic E-state index is 0.135. The van der Waals surface area contributed by atoms with E-state index in [-0.39, 0.29) is 22.9 Å². The molecule has 1 aromatic heterocycles. The van der Waals surface area contributed by atoms with Gasteiger partial charge in [0.2, 0.25) is 12.3 Å². The smallest absolute Gasteiger partial charge is 0.206 e. The van der Waals surface area contributed by atoms with E-state index in [0.717, 1.165) is 43.9 Å². The predicted octanol–water partition coefficient (Wildman–Crippen LogP) is 4.48. The van der Waals surface area contributed by atoms with Crippen LogP contribution in [0.4, 0.5) is 0 Å². The maximum atomic E-state index is 13.3. The second-order valence-electron chi connectivity index (χ2n) is 10.8. The highest BCUT2D eigenvalue weighted by Gasteiger charge is 2.59. The predicted molar refractivity (Wildman–Crippen MR) is 113 cm³/mol. The Bertz CT molecular complexity index is 817. The van der Waals surface area contributed by atoms with Crippen LogP contribution in [0.2, 0.25) is 0 Å². The fraction of sp³-hybridized carbons (Fsp3) is 0.692. The Morgan fingerprint density at radius 2 is 1.86 bits per heavy atom. The summed E-state index contributed by atoms with van der Waals surface area (Å²) in [5.41, 5.74) is 1.99. The minimum atomic E-state index is -0.135. The van der Waals surface area contributed by atoms with E-state index in [1.807, 2.05) is 35.2 Å². The van der Waals surface area contributed by atoms with Gasteiger partial charge < -0.3 is 5.11 Å². The molecule has 0 radical (unpaired) electrons. The quantitative estimate of drug-likeness (QED) is 0.606. The number of carbonyl (C=O) groups is 1. The van der Waals surface area contributed by atoms with Crippen molar-refractivity contribution < 1.29 is 14.5 Å². The molecule has 0 spiro atoms. The van der Waals surface area contributed by atoms with Crippen LogP contribution in [0.1, 0.15) is 65.2 Å². The Morgan fingerprint density at radius 1 is 1.07 bits per heavy atom. The van der Waals surface area contributed by atoms with Gasteiger partial charge in [-0.1, -0.05) is 31.6 Å². The molecule has 4 aliphatic carbocycles. The van der Waals surface area contributed by atoms with Crippen molar-refractivity contribution in [2.75, 3.05) is 0 Å². The lowest BCUT2D eigenvalue weighted by molar-refractivity contribution is -0.684. The van der Waals surface area contributed by atoms with Crippen molar-refractivity contribution in [3.8, 4) is 0 Å². The maximum absolute atomic E-state index is 13.3. The Kier molecular flexibility index (Phi) is 4.73. The summed E-state index contributed by atoms with van der Waals surface area (Å²) in [5, 5.41) is 10.2. The molecule has 1 heterocycles. The summed E-state index contributed by atoms with van der Waals surface area (Å²) in [5.74, 6) is 2.79. The molecule has 1 aromatic rings. The zero-order valence-corrected chi connectivity index (χ0v) is 18.0. The molecule has 0 amide bonds. The molecule has 0 saturated heterocycles. The summed E-state index contributed by atoms with van der Waals surface area (Å²) in [7, 11) is 0. The van der Waals surface area contributed by atoms with E-state index in [0.29, 0.717) is 18.2 Å². The molecular formula is C26H36NO2+. The van der Waals surface area contributed by atoms with Crippen molar-refractivity contribution in [2.45, 2.75) is 77.9 Å². The van der Waals surface area contributed by atoms with E-state index < -0.39 is 0 Å². The van der Waals surface area contributed by atoms with Gasteiger partial charge in [0.25, 0.3) is 0 Å². The molecule has 29 heavy (non-hydrogen) atoms. The highest BCUT2D eigenvalue weighted by atomic mass is 16.3. The number of aliphatic hydroxyl groups is 1. The van der Waals surface area contributed by atoms with Crippen LogP contribution in [-0.2, 0) is 11.3 Å². The average molecular weight is 395 g/mol. The van der Waals surface area contributed by atoms with E-state index >= 15 is 0 Å². The normalized spacial score (nSPS) is 43.7. The molecule has 4 aliphatic rings. The molecule has 0 aromatic carbocycles. The third-order valence-corrected chi connectivity index (χ3v) is 9.58. The van der Waals surface area contributed by atoms with Crippen molar-refractivity contribution in [1.82, 2.24) is 0 Å². The molecule has 156 valence electrons. The summed E-state index contributed by atoms with van der Waals surface area (Å²) in [4.78, 5) is 13.3. The van der Waals surface area contributed by atoms with Gasteiger partial charge in [0.15, 0.2) is 12.4 Å². The Hall–Kier alpha value is -1.48. The number of hydrogen-bond acceptors (Lipinski definition) is 2. The van der Waals surface area contributed by atoms with Crippen LogP contribution in [0.3, 0.4) is 0 Å². The van der Waals surface area contributed by atoms with Gasteiger partial charge in [-0.2, -0.15) is 4.57 Å². The second kappa shape index (κ2) is 7.04. The summed E-state index contributed by atoms with van der Waals surface area (Å²) in [6.45, 7) is 5.43. The number of aliphatic hydroxyl groups excluding tert-OH is 1. The van der Waals surface area contributed by atoms with Crippen molar-refractivity contribution in [1.29, 1.82) is 0 Å². The number of allylic oxidation sites excluding steroid dienone is 1. The number of aromatic nitrogens is 1. The van der Waals surface area contributed by atoms with Gasteiger partial charge in [0.1, 0.15) is 0 Å². The van der Waals surface area contributed by atoms with Crippen LogP contribution in [0.25, 0.3) is 0 Å². The fourth-order valence-electron chi connectivity index (χ4n) is 8.00. The van der Waals surface area contributed by atoms with Crippen molar-refractivity contribution >= 4 is 5.78 Å². The number of nitrogens with zero attached hydrogens (tertiary/aromatic N) is 1. The van der Waals surface area contributed by atoms with Crippen molar-refractivity contribution in [3.63, 3.8) is 0 Å². The standard InChI is InChI=1S/C26H36NO2/c1-25-12-10-19(28)16-18(25)6-7-20-21-8-9-23(26(21,2)13-11-22(20)25)24(29)17-27-14-4-3-5-15-27/h3-6,14-15,19-23,28H,7-13,16-17H2,1-2H3/q+1/t19?,20?,21?,22?,23?,25-,26-/m0/s1. The Balaban J connectivity index is 1.38. The van der Waals surface area contributed by atoms with Crippen LogP contribution in [0.5, 0.6) is 0 Å². The molecule has 3 fully saturated rings. The van der Waals surface area contributed by atoms with Crippen LogP contribution in [0.15, 0.2) is 42.2 Å². The molecule has 5 rings (SSSR count). The lowest BCUT2D eigenvalue weighted by atomic mass is 9.47. The van der Waals surface area contributed by atoms with Crippen LogP contribution >= 0.6 is 0 Å². The summed E-state index contributed by atoms with van der Waals surface area (Å²) >= 11 is 0. The topological polar surface area (TPSA) is 41.2 Å². The van der Waals surface area contributed by atoms with Gasteiger partial charge in [-0.25, -0.2) is 0 Å². The number of hydrogen-bond donors (Lipinski definition) is 1. The van der Waals surface area contributed by atoms with Crippen molar-refractivity contribution in [2.24, 2.45) is 34.5 Å². The van der Waals surface area contributed by atoms with Gasteiger partial charge in [0, 0.05) is 18.1 Å². The SMILES string of the molecule is C[C@]12CCC3C(CC=C4CC(O)CC[C@@]43C)C1CCC2C(=O)C[n+]1ccccc1. The van der Waals surface area contributed by atoms with Gasteiger partial charge in [0.05, 0.1) is 6.10 Å². The van der Waals surface area contributed by atoms with Crippen LogP contribution in [0, 0.1) is 34.5 Å². The number of Topliss-reactive ketones (excluding diaryl/α,β-unsaturated/α-hetero) is 1. The number of rotatable bonds is 3. The van der Waals surface area contributed by atoms with Crippen LogP contribution in [-0.4, -0.2) is 17.0 Å². The van der Waals surface area contributed by atoms with Gasteiger partial charge >= 0.3 is 0 Å². The zero-order chi connectivity index (χ0) is 20.2. The number of pyridine rings is 1. The fourth-order valence-corrected chi connectivity index (χ4v) is 8.00. The number of ketones is 1. The van der Waals surface area contributed by atoms with E-state index in [4.69, 9.17) is 0 Å². The van der Waals surface area contributed by atoms with Gasteiger partial charge in [-0.05, 0) is 80.0 Å². The lowest BCUT2D eigenvalue weighted by Crippen LogP contribution is -2.51. The zero-order valence-electron chi connectivity index (χ0n) is 18.0. The molecule has 0 bridgehead atoms. The first-order valence-electron chi connectivity index (χ1n) is 11.8. The Morgan fingerprint density at radius 3 is 2.66 bits per heavy atom. The lowest BCUT2D eigenvalue weighted by Gasteiger charge is -2.57. The number of carbonyl (C=O) groups excluding carboxylic acids is 1. The van der Waals surface area contributed by atoms with Crippen LogP contribution < -0.4 is 4.57 Å². The molecule has 3 nitrogen and oxygen atoms in total. The molecule has 5 unspecified atom stereocenters. The first-order chi connectivity index (χ1) is 13.9. The average Bonchev–Trinajstić information content (AvgIpc) is 3.06. The van der Waals surface area contributed by atoms with Crippen molar-refractivity contribution in [3.05, 3.63) is 42.2 Å². The first-order valence-corrected chi connectivity index (χ1v) is 11.8. The molecule has 3 heteroatoms. The van der Waals surface area contributed by atoms with Gasteiger partial charge in [-0.3, -0.25) is 4.79 Å². The first kappa shape index (κ1) is 19.5. The monoisotopic (exact) mass is 394 g/mol. The maximum Gasteiger partial charge on any atom is 0.206 e. The molecule has 7 atom stereocenters. The van der Waals surface area contributed by atoms with E-state index in [2.05, 4.69) is 19.9 Å². The highest BCUT2D eigenvalue weighted by molar-refractivity contribution is 5.81. The minimum Gasteiger partial charge on any atom is -0.393 e. The third kappa shape index (κ3) is 3.03. The largest absolute Gasteiger partial charge is 0.393 e. The van der Waals surface area contributed by atoms with E-state index in [1.165, 1.54) is 24.8 Å². The second-order valence-corrected chi connectivity index (χ2v) is 10.8. The summed E-state index contributed by atoms with van der Waals surface area (Å²) < 4.78 is 2.04. The highest BCUT2D eigenvalue weighted by Crippen LogP contribution is 2.66. The van der Waals surface area contributed by atoms with Gasteiger partial charge in [-0.15, -0.1) is 0 Å². The third-order valence-electron chi connectivity index (χ3n) is 9.58.